The molecule has 0 aliphatic heterocycles. The zero-order valence-electron chi connectivity index (χ0n) is 8.84. The lowest BCUT2D eigenvalue weighted by Gasteiger charge is -2.03. The number of carbonyl (C=O) groups is 2. The van der Waals surface area contributed by atoms with Crippen molar-refractivity contribution in [1.29, 1.82) is 0 Å². The van der Waals surface area contributed by atoms with Crippen molar-refractivity contribution in [2.45, 2.75) is 6.92 Å². The lowest BCUT2D eigenvalue weighted by Crippen LogP contribution is -1.96. The van der Waals surface area contributed by atoms with E-state index >= 15 is 0 Å². The second-order valence-electron chi connectivity index (χ2n) is 3.13. The molecule has 0 radical (unpaired) electrons. The normalized spacial score (nSPS) is 10.3. The van der Waals surface area contributed by atoms with Gasteiger partial charge < -0.3 is 9.84 Å². The first-order chi connectivity index (χ1) is 7.59. The van der Waals surface area contributed by atoms with Crippen LogP contribution in [0.5, 0.6) is 5.75 Å². The minimum absolute atomic E-state index is 0.00248. The monoisotopic (exact) mass is 220 g/mol. The van der Waals surface area contributed by atoms with Gasteiger partial charge in [0.2, 0.25) is 0 Å². The molecule has 0 saturated carbocycles. The van der Waals surface area contributed by atoms with Crippen LogP contribution < -0.4 is 4.74 Å². The largest absolute Gasteiger partial charge is 0.490 e. The Bertz CT molecular complexity index is 404. The van der Waals surface area contributed by atoms with E-state index < -0.39 is 5.97 Å². The molecule has 0 atom stereocenters. The maximum Gasteiger partial charge on any atom is 0.328 e. The summed E-state index contributed by atoms with van der Waals surface area (Å²) in [6.07, 6.45) is 2.42. The number of carboxylic acid groups (broad SMARTS) is 1. The minimum atomic E-state index is -1.00. The average molecular weight is 220 g/mol. The summed E-state index contributed by atoms with van der Waals surface area (Å²) in [5.74, 6) is -0.409. The Morgan fingerprint density at radius 1 is 1.31 bits per heavy atom. The predicted molar refractivity (Wildman–Crippen MR) is 58.7 cm³/mol. The van der Waals surface area contributed by atoms with Crippen molar-refractivity contribution >= 4 is 11.8 Å². The molecule has 0 unspecified atom stereocenters. The highest BCUT2D eigenvalue weighted by molar-refractivity contribution is 5.94. The summed E-state index contributed by atoms with van der Waals surface area (Å²) in [4.78, 5) is 21.1. The number of aliphatic carboxylic acids is 1. The molecule has 0 heterocycles. The molecule has 0 saturated heterocycles. The SMILES string of the molecule is CC(=O)c1ccc(OC/C=C/C(=O)O)cc1. The molecule has 84 valence electrons. The molecule has 1 aromatic rings. The van der Waals surface area contributed by atoms with Crippen molar-refractivity contribution in [2.75, 3.05) is 6.61 Å². The van der Waals surface area contributed by atoms with Gasteiger partial charge in [0, 0.05) is 11.6 Å². The first-order valence-corrected chi connectivity index (χ1v) is 4.73. The quantitative estimate of drug-likeness (QED) is 0.608. The van der Waals surface area contributed by atoms with E-state index in [-0.39, 0.29) is 12.4 Å². The number of carboxylic acids is 1. The fourth-order valence-electron chi connectivity index (χ4n) is 1.08. The first-order valence-electron chi connectivity index (χ1n) is 4.73. The van der Waals surface area contributed by atoms with Gasteiger partial charge in [-0.3, -0.25) is 4.79 Å². The zero-order chi connectivity index (χ0) is 12.0. The summed E-state index contributed by atoms with van der Waals surface area (Å²) in [5, 5.41) is 8.33. The number of benzene rings is 1. The molecule has 0 spiro atoms. The third kappa shape index (κ3) is 3.96. The topological polar surface area (TPSA) is 63.6 Å². The minimum Gasteiger partial charge on any atom is -0.490 e. The number of rotatable bonds is 5. The van der Waals surface area contributed by atoms with Gasteiger partial charge in [-0.25, -0.2) is 4.79 Å². The number of Topliss-reactive ketones (excluding diaryl/α,β-unsaturated/α-hetero) is 1. The molecule has 0 aromatic heterocycles. The van der Waals surface area contributed by atoms with Crippen molar-refractivity contribution in [1.82, 2.24) is 0 Å². The number of hydrogen-bond acceptors (Lipinski definition) is 3. The molecule has 0 fully saturated rings. The van der Waals surface area contributed by atoms with Crippen LogP contribution in [0.3, 0.4) is 0 Å². The second-order valence-corrected chi connectivity index (χ2v) is 3.13. The van der Waals surface area contributed by atoms with E-state index in [0.29, 0.717) is 11.3 Å². The number of hydrogen-bond donors (Lipinski definition) is 1. The highest BCUT2D eigenvalue weighted by Gasteiger charge is 1.98. The van der Waals surface area contributed by atoms with Crippen LogP contribution in [0, 0.1) is 0 Å². The van der Waals surface area contributed by atoms with Crippen LogP contribution in [-0.2, 0) is 4.79 Å². The zero-order valence-corrected chi connectivity index (χ0v) is 8.84. The van der Waals surface area contributed by atoms with Crippen LogP contribution in [0.4, 0.5) is 0 Å². The van der Waals surface area contributed by atoms with E-state index in [9.17, 15) is 9.59 Å². The summed E-state index contributed by atoms with van der Waals surface area (Å²) in [6.45, 7) is 1.68. The smallest absolute Gasteiger partial charge is 0.328 e. The fourth-order valence-corrected chi connectivity index (χ4v) is 1.08. The van der Waals surface area contributed by atoms with E-state index in [0.717, 1.165) is 6.08 Å². The maximum absolute atomic E-state index is 11.0. The van der Waals surface area contributed by atoms with E-state index in [1.165, 1.54) is 13.0 Å². The molecule has 4 nitrogen and oxygen atoms in total. The lowest BCUT2D eigenvalue weighted by molar-refractivity contribution is -0.131. The van der Waals surface area contributed by atoms with Crippen LogP contribution >= 0.6 is 0 Å². The Morgan fingerprint density at radius 3 is 2.44 bits per heavy atom. The molecule has 0 amide bonds. The molecule has 4 heteroatoms. The van der Waals surface area contributed by atoms with Gasteiger partial charge in [0.1, 0.15) is 12.4 Å². The summed E-state index contributed by atoms with van der Waals surface area (Å²) in [7, 11) is 0. The van der Waals surface area contributed by atoms with Crippen molar-refractivity contribution in [3.63, 3.8) is 0 Å². The molecular weight excluding hydrogens is 208 g/mol. The fraction of sp³-hybridized carbons (Fsp3) is 0.167. The van der Waals surface area contributed by atoms with Crippen LogP contribution in [0.2, 0.25) is 0 Å². The molecule has 1 aromatic carbocycles. The average Bonchev–Trinajstić information content (AvgIpc) is 2.25. The Labute approximate surface area is 93.2 Å². The molecular formula is C12H12O4. The molecule has 1 rings (SSSR count). The molecule has 0 aliphatic rings. The van der Waals surface area contributed by atoms with Crippen molar-refractivity contribution in [3.8, 4) is 5.75 Å². The second kappa shape index (κ2) is 5.70. The predicted octanol–water partition coefficient (Wildman–Crippen LogP) is 1.91. The maximum atomic E-state index is 11.0. The van der Waals surface area contributed by atoms with Gasteiger partial charge in [-0.2, -0.15) is 0 Å². The van der Waals surface area contributed by atoms with Gasteiger partial charge in [-0.1, -0.05) is 0 Å². The lowest BCUT2D eigenvalue weighted by atomic mass is 10.1. The van der Waals surface area contributed by atoms with Crippen LogP contribution in [-0.4, -0.2) is 23.5 Å². The van der Waals surface area contributed by atoms with Crippen LogP contribution in [0.1, 0.15) is 17.3 Å². The number of ketones is 1. The Balaban J connectivity index is 2.49. The van der Waals surface area contributed by atoms with Gasteiger partial charge in [-0.15, -0.1) is 0 Å². The number of carbonyl (C=O) groups excluding carboxylic acids is 1. The van der Waals surface area contributed by atoms with Crippen molar-refractivity contribution in [3.05, 3.63) is 42.0 Å². The Kier molecular flexibility index (Phi) is 4.27. The van der Waals surface area contributed by atoms with Crippen LogP contribution in [0.15, 0.2) is 36.4 Å². The third-order valence-electron chi connectivity index (χ3n) is 1.87. The van der Waals surface area contributed by atoms with E-state index in [2.05, 4.69) is 0 Å². The highest BCUT2D eigenvalue weighted by atomic mass is 16.5. The van der Waals surface area contributed by atoms with Gasteiger partial charge >= 0.3 is 5.97 Å². The number of ether oxygens (including phenoxy) is 1. The molecule has 16 heavy (non-hydrogen) atoms. The van der Waals surface area contributed by atoms with Gasteiger partial charge in [0.15, 0.2) is 5.78 Å². The first kappa shape index (κ1) is 12.0. The van der Waals surface area contributed by atoms with E-state index in [1.54, 1.807) is 24.3 Å². The van der Waals surface area contributed by atoms with E-state index in [4.69, 9.17) is 9.84 Å². The molecule has 1 N–H and O–H groups in total. The Hall–Kier alpha value is -2.10. The highest BCUT2D eigenvalue weighted by Crippen LogP contribution is 2.12. The van der Waals surface area contributed by atoms with Gasteiger partial charge in [-0.05, 0) is 37.3 Å². The summed E-state index contributed by atoms with van der Waals surface area (Å²) < 4.78 is 5.23. The standard InChI is InChI=1S/C12H12O4/c1-9(13)10-4-6-11(7-5-10)16-8-2-3-12(14)15/h2-7H,8H2,1H3,(H,14,15)/b3-2+. The van der Waals surface area contributed by atoms with Crippen molar-refractivity contribution < 1.29 is 19.4 Å². The summed E-state index contributed by atoms with van der Waals surface area (Å²) in [5.41, 5.74) is 0.619. The van der Waals surface area contributed by atoms with Crippen LogP contribution in [0.25, 0.3) is 0 Å². The third-order valence-corrected chi connectivity index (χ3v) is 1.87. The van der Waals surface area contributed by atoms with E-state index in [1.807, 2.05) is 0 Å². The summed E-state index contributed by atoms with van der Waals surface area (Å²) >= 11 is 0. The molecule has 0 bridgehead atoms. The van der Waals surface area contributed by atoms with Gasteiger partial charge in [0.25, 0.3) is 0 Å². The van der Waals surface area contributed by atoms with Gasteiger partial charge in [0.05, 0.1) is 0 Å². The van der Waals surface area contributed by atoms with Crippen molar-refractivity contribution in [2.24, 2.45) is 0 Å². The molecule has 0 aliphatic carbocycles. The summed E-state index contributed by atoms with van der Waals surface area (Å²) in [6, 6.07) is 6.67. The Morgan fingerprint density at radius 2 is 1.94 bits per heavy atom.